The lowest BCUT2D eigenvalue weighted by atomic mass is 10.2. The number of phenols is 1. The van der Waals surface area contributed by atoms with Crippen molar-refractivity contribution in [3.63, 3.8) is 0 Å². The molecule has 0 saturated heterocycles. The van der Waals surface area contributed by atoms with Crippen LogP contribution in [0, 0.1) is 7.14 Å². The molecule has 0 aliphatic carbocycles. The van der Waals surface area contributed by atoms with E-state index in [0.29, 0.717) is 22.3 Å². The Bertz CT molecular complexity index is 1090. The third-order valence-corrected chi connectivity index (χ3v) is 6.58. The largest absolute Gasteiger partial charge is 0.506 e. The van der Waals surface area contributed by atoms with Gasteiger partial charge in [-0.15, -0.1) is 10.2 Å². The molecule has 1 heterocycles. The predicted octanol–water partition coefficient (Wildman–Crippen LogP) is 4.78. The Balaban J connectivity index is 1.62. The fourth-order valence-corrected chi connectivity index (χ4v) is 5.32. The molecule has 2 aromatic carbocycles. The van der Waals surface area contributed by atoms with Crippen LogP contribution in [0.4, 0.5) is 0 Å². The van der Waals surface area contributed by atoms with Gasteiger partial charge in [0.1, 0.15) is 5.75 Å². The molecule has 1 aromatic heterocycles. The average Bonchev–Trinajstić information content (AvgIpc) is 3.13. The van der Waals surface area contributed by atoms with E-state index in [9.17, 15) is 9.90 Å². The van der Waals surface area contributed by atoms with Crippen LogP contribution < -0.4 is 5.43 Å². The summed E-state index contributed by atoms with van der Waals surface area (Å²) in [5, 5.41) is 23.8. The average molecular weight is 668 g/mol. The number of hydrogen-bond acceptors (Lipinski definition) is 6. The van der Waals surface area contributed by atoms with E-state index in [2.05, 4.69) is 43.3 Å². The zero-order chi connectivity index (χ0) is 21.7. The Kier molecular flexibility index (Phi) is 8.36. The van der Waals surface area contributed by atoms with Gasteiger partial charge in [0.25, 0.3) is 5.91 Å². The highest BCUT2D eigenvalue weighted by Crippen LogP contribution is 2.26. The molecule has 0 bridgehead atoms. The number of hydrazone groups is 1. The van der Waals surface area contributed by atoms with Crippen LogP contribution in [0.2, 0.25) is 5.02 Å². The second kappa shape index (κ2) is 10.8. The van der Waals surface area contributed by atoms with Gasteiger partial charge in [0.2, 0.25) is 0 Å². The maximum Gasteiger partial charge on any atom is 0.250 e. The van der Waals surface area contributed by atoms with Crippen LogP contribution in [-0.4, -0.2) is 37.7 Å². The van der Waals surface area contributed by atoms with Crippen molar-refractivity contribution in [1.82, 2.24) is 20.2 Å². The summed E-state index contributed by atoms with van der Waals surface area (Å²) in [5.41, 5.74) is 3.91. The van der Waals surface area contributed by atoms with Crippen LogP contribution in [0.3, 0.4) is 0 Å². The number of phenolic OH excluding ortho intramolecular Hbond substituents is 1. The van der Waals surface area contributed by atoms with Gasteiger partial charge in [0.05, 0.1) is 15.5 Å². The van der Waals surface area contributed by atoms with E-state index in [1.807, 2.05) is 52.3 Å². The van der Waals surface area contributed by atoms with Gasteiger partial charge < -0.3 is 9.67 Å². The SMILES string of the molecule is CCn1c(SCC(=O)N/N=C/c2cc(I)cc(I)c2O)nnc1-c1ccc(Cl)cc1. The summed E-state index contributed by atoms with van der Waals surface area (Å²) in [6.45, 7) is 2.66. The van der Waals surface area contributed by atoms with E-state index < -0.39 is 0 Å². The van der Waals surface area contributed by atoms with E-state index in [1.54, 1.807) is 18.2 Å². The minimum absolute atomic E-state index is 0.131. The summed E-state index contributed by atoms with van der Waals surface area (Å²) in [6, 6.07) is 11.0. The number of halogens is 3. The summed E-state index contributed by atoms with van der Waals surface area (Å²) in [5.74, 6) is 0.703. The molecule has 0 unspecified atom stereocenters. The van der Waals surface area contributed by atoms with Gasteiger partial charge in [-0.05, 0) is 88.5 Å². The van der Waals surface area contributed by atoms with Crippen LogP contribution in [0.15, 0.2) is 46.7 Å². The lowest BCUT2D eigenvalue weighted by Crippen LogP contribution is -2.20. The first-order valence-electron chi connectivity index (χ1n) is 8.71. The molecule has 156 valence electrons. The quantitative estimate of drug-likeness (QED) is 0.164. The Labute approximate surface area is 210 Å². The third-order valence-electron chi connectivity index (χ3n) is 3.92. The zero-order valence-corrected chi connectivity index (χ0v) is 21.5. The lowest BCUT2D eigenvalue weighted by molar-refractivity contribution is -0.118. The summed E-state index contributed by atoms with van der Waals surface area (Å²) in [7, 11) is 0. The van der Waals surface area contributed by atoms with Gasteiger partial charge in [0.15, 0.2) is 11.0 Å². The number of carbonyl (C=O) groups excluding carboxylic acids is 1. The van der Waals surface area contributed by atoms with Crippen molar-refractivity contribution < 1.29 is 9.90 Å². The summed E-state index contributed by atoms with van der Waals surface area (Å²) in [6.07, 6.45) is 1.43. The van der Waals surface area contributed by atoms with E-state index in [1.165, 1.54) is 18.0 Å². The molecule has 0 aliphatic heterocycles. The topological polar surface area (TPSA) is 92.4 Å². The highest BCUT2D eigenvalue weighted by molar-refractivity contribution is 14.1. The standard InChI is InChI=1S/C19H16ClI2N5O2S/c1-2-27-18(11-3-5-13(20)6-4-11)25-26-19(27)30-10-16(28)24-23-9-12-7-14(21)8-15(22)17(12)29/h3-9,29H,2,10H2,1H3,(H,24,28)/b23-9+. The van der Waals surface area contributed by atoms with Crippen molar-refractivity contribution in [1.29, 1.82) is 0 Å². The summed E-state index contributed by atoms with van der Waals surface area (Å²) in [4.78, 5) is 12.2. The maximum atomic E-state index is 12.2. The maximum absolute atomic E-state index is 12.2. The number of benzene rings is 2. The third kappa shape index (κ3) is 5.86. The number of rotatable bonds is 7. The summed E-state index contributed by atoms with van der Waals surface area (Å²) < 4.78 is 3.63. The molecular formula is C19H16ClI2N5O2S. The second-order valence-electron chi connectivity index (χ2n) is 5.96. The van der Waals surface area contributed by atoms with Crippen molar-refractivity contribution in [2.24, 2.45) is 5.10 Å². The van der Waals surface area contributed by atoms with Crippen molar-refractivity contribution in [2.75, 3.05) is 5.75 Å². The van der Waals surface area contributed by atoms with E-state index in [0.717, 1.165) is 18.5 Å². The number of aromatic nitrogens is 3. The highest BCUT2D eigenvalue weighted by atomic mass is 127. The molecule has 1 amide bonds. The number of amides is 1. The molecule has 0 aliphatic rings. The minimum Gasteiger partial charge on any atom is -0.506 e. The van der Waals surface area contributed by atoms with Crippen LogP contribution in [0.5, 0.6) is 5.75 Å². The number of aromatic hydroxyl groups is 1. The van der Waals surface area contributed by atoms with Gasteiger partial charge in [0, 0.05) is 26.3 Å². The number of nitrogens with one attached hydrogen (secondary N) is 1. The minimum atomic E-state index is -0.283. The van der Waals surface area contributed by atoms with E-state index >= 15 is 0 Å². The fraction of sp³-hybridized carbons (Fsp3) is 0.158. The Morgan fingerprint density at radius 3 is 2.73 bits per heavy atom. The molecule has 11 heteroatoms. The fourth-order valence-electron chi connectivity index (χ4n) is 2.51. The zero-order valence-electron chi connectivity index (χ0n) is 15.6. The molecule has 7 nitrogen and oxygen atoms in total. The van der Waals surface area contributed by atoms with E-state index in [-0.39, 0.29) is 17.4 Å². The van der Waals surface area contributed by atoms with Gasteiger partial charge in [-0.1, -0.05) is 23.4 Å². The van der Waals surface area contributed by atoms with Crippen molar-refractivity contribution in [3.8, 4) is 17.1 Å². The van der Waals surface area contributed by atoms with Gasteiger partial charge in [-0.3, -0.25) is 4.79 Å². The molecule has 0 radical (unpaired) electrons. The molecule has 0 saturated carbocycles. The van der Waals surface area contributed by atoms with Crippen molar-refractivity contribution >= 4 is 80.7 Å². The van der Waals surface area contributed by atoms with E-state index in [4.69, 9.17) is 11.6 Å². The molecule has 30 heavy (non-hydrogen) atoms. The van der Waals surface area contributed by atoms with Gasteiger partial charge in [-0.2, -0.15) is 5.10 Å². The van der Waals surface area contributed by atoms with Crippen molar-refractivity contribution in [3.05, 3.63) is 54.1 Å². The number of thioether (sulfide) groups is 1. The molecule has 3 aromatic rings. The van der Waals surface area contributed by atoms with Crippen LogP contribution in [0.1, 0.15) is 12.5 Å². The molecule has 0 fully saturated rings. The molecule has 2 N–H and O–H groups in total. The Hall–Kier alpha value is -1.38. The summed E-state index contributed by atoms with van der Waals surface area (Å²) >= 11 is 11.4. The number of nitrogens with zero attached hydrogens (tertiary/aromatic N) is 4. The normalized spacial score (nSPS) is 11.2. The van der Waals surface area contributed by atoms with Crippen LogP contribution in [-0.2, 0) is 11.3 Å². The predicted molar refractivity (Wildman–Crippen MR) is 136 cm³/mol. The molecule has 0 atom stereocenters. The smallest absolute Gasteiger partial charge is 0.250 e. The molecule has 0 spiro atoms. The first-order chi connectivity index (χ1) is 14.4. The lowest BCUT2D eigenvalue weighted by Gasteiger charge is -2.07. The monoisotopic (exact) mass is 667 g/mol. The number of carbonyl (C=O) groups is 1. The van der Waals surface area contributed by atoms with Crippen molar-refractivity contribution in [2.45, 2.75) is 18.6 Å². The second-order valence-corrected chi connectivity index (χ2v) is 9.75. The van der Waals surface area contributed by atoms with Crippen LogP contribution in [0.25, 0.3) is 11.4 Å². The van der Waals surface area contributed by atoms with Crippen LogP contribution >= 0.6 is 68.5 Å². The first-order valence-corrected chi connectivity index (χ1v) is 12.2. The highest BCUT2D eigenvalue weighted by Gasteiger charge is 2.14. The molecule has 3 rings (SSSR count). The Morgan fingerprint density at radius 1 is 1.30 bits per heavy atom. The van der Waals surface area contributed by atoms with Gasteiger partial charge in [-0.25, -0.2) is 5.43 Å². The number of hydrogen-bond donors (Lipinski definition) is 2. The Morgan fingerprint density at radius 2 is 2.03 bits per heavy atom. The van der Waals surface area contributed by atoms with Gasteiger partial charge >= 0.3 is 0 Å². The first kappa shape index (κ1) is 23.3. The molecular weight excluding hydrogens is 652 g/mol.